The second kappa shape index (κ2) is 6.69. The lowest BCUT2D eigenvalue weighted by Crippen LogP contribution is -2.70. The molecule has 0 spiro atoms. The molecular formula is C18H29N3O. The van der Waals surface area contributed by atoms with Crippen molar-refractivity contribution in [1.82, 2.24) is 9.80 Å². The Labute approximate surface area is 134 Å². The normalized spacial score (nSPS) is 16.7. The summed E-state index contributed by atoms with van der Waals surface area (Å²) in [6.45, 7) is 12.3. The Bertz CT molecular complexity index is 509. The highest BCUT2D eigenvalue weighted by Gasteiger charge is 2.50. The van der Waals surface area contributed by atoms with Crippen LogP contribution < -0.4 is 5.73 Å². The van der Waals surface area contributed by atoms with E-state index in [0.717, 1.165) is 25.9 Å². The van der Waals surface area contributed by atoms with Crippen molar-refractivity contribution in [2.75, 3.05) is 26.2 Å². The summed E-state index contributed by atoms with van der Waals surface area (Å²) in [4.78, 5) is 15.8. The molecule has 1 aliphatic rings. The zero-order valence-electron chi connectivity index (χ0n) is 14.4. The van der Waals surface area contributed by atoms with E-state index in [9.17, 15) is 4.79 Å². The first-order valence-corrected chi connectivity index (χ1v) is 8.32. The highest BCUT2D eigenvalue weighted by Crippen LogP contribution is 2.41. The molecule has 0 radical (unpaired) electrons. The molecule has 0 unspecified atom stereocenters. The SMILES string of the molecule is CCCN(CCC)C1(c2c(C)cccc2C)CN(C(N)=O)C1. The molecule has 0 bridgehead atoms. The smallest absolute Gasteiger partial charge is 0.314 e. The molecule has 1 aromatic rings. The maximum absolute atomic E-state index is 11.5. The van der Waals surface area contributed by atoms with Crippen LogP contribution in [-0.2, 0) is 5.54 Å². The summed E-state index contributed by atoms with van der Waals surface area (Å²) in [7, 11) is 0. The number of aryl methyl sites for hydroxylation is 2. The lowest BCUT2D eigenvalue weighted by molar-refractivity contribution is -0.0366. The Kier molecular flexibility index (Phi) is 5.12. The third-order valence-corrected chi connectivity index (χ3v) is 4.76. The summed E-state index contributed by atoms with van der Waals surface area (Å²) >= 11 is 0. The van der Waals surface area contributed by atoms with Crippen molar-refractivity contribution in [3.8, 4) is 0 Å². The van der Waals surface area contributed by atoms with Crippen LogP contribution in [0.1, 0.15) is 43.4 Å². The monoisotopic (exact) mass is 303 g/mol. The van der Waals surface area contributed by atoms with Gasteiger partial charge in [-0.1, -0.05) is 32.0 Å². The maximum atomic E-state index is 11.5. The lowest BCUT2D eigenvalue weighted by Gasteiger charge is -2.56. The highest BCUT2D eigenvalue weighted by molar-refractivity contribution is 5.74. The van der Waals surface area contributed by atoms with Crippen LogP contribution in [0.15, 0.2) is 18.2 Å². The Morgan fingerprint density at radius 1 is 1.18 bits per heavy atom. The third kappa shape index (κ3) is 2.84. The van der Waals surface area contributed by atoms with Crippen LogP contribution in [0, 0.1) is 13.8 Å². The number of carbonyl (C=O) groups is 1. The molecule has 0 atom stereocenters. The van der Waals surface area contributed by atoms with Crippen LogP contribution in [0.3, 0.4) is 0 Å². The topological polar surface area (TPSA) is 49.6 Å². The molecule has 4 nitrogen and oxygen atoms in total. The average molecular weight is 303 g/mol. The second-order valence-electron chi connectivity index (χ2n) is 6.48. The van der Waals surface area contributed by atoms with E-state index in [4.69, 9.17) is 5.73 Å². The molecule has 0 aliphatic carbocycles. The summed E-state index contributed by atoms with van der Waals surface area (Å²) in [6.07, 6.45) is 2.23. The fraction of sp³-hybridized carbons (Fsp3) is 0.611. The van der Waals surface area contributed by atoms with E-state index in [2.05, 4.69) is 50.8 Å². The summed E-state index contributed by atoms with van der Waals surface area (Å²) in [5.74, 6) is 0. The second-order valence-corrected chi connectivity index (χ2v) is 6.48. The molecule has 1 heterocycles. The van der Waals surface area contributed by atoms with E-state index in [1.165, 1.54) is 16.7 Å². The number of nitrogens with two attached hydrogens (primary N) is 1. The molecular weight excluding hydrogens is 274 g/mol. The van der Waals surface area contributed by atoms with Crippen LogP contribution in [-0.4, -0.2) is 42.0 Å². The molecule has 0 aromatic heterocycles. The first-order chi connectivity index (χ1) is 10.5. The van der Waals surface area contributed by atoms with Gasteiger partial charge in [-0.05, 0) is 56.5 Å². The van der Waals surface area contributed by atoms with Crippen molar-refractivity contribution in [1.29, 1.82) is 0 Å². The average Bonchev–Trinajstić information content (AvgIpc) is 2.40. The van der Waals surface area contributed by atoms with Gasteiger partial charge in [0.15, 0.2) is 0 Å². The fourth-order valence-corrected chi connectivity index (χ4v) is 3.89. The Balaban J connectivity index is 2.45. The number of likely N-dealkylation sites (tertiary alicyclic amines) is 1. The van der Waals surface area contributed by atoms with Crippen LogP contribution >= 0.6 is 0 Å². The number of rotatable bonds is 6. The zero-order chi connectivity index (χ0) is 16.3. The van der Waals surface area contributed by atoms with Gasteiger partial charge in [-0.25, -0.2) is 4.79 Å². The van der Waals surface area contributed by atoms with E-state index in [1.807, 2.05) is 0 Å². The summed E-state index contributed by atoms with van der Waals surface area (Å²) in [5, 5.41) is 0. The largest absolute Gasteiger partial charge is 0.351 e. The molecule has 122 valence electrons. The molecule has 0 saturated carbocycles. The number of hydrogen-bond acceptors (Lipinski definition) is 2. The zero-order valence-corrected chi connectivity index (χ0v) is 14.4. The van der Waals surface area contributed by atoms with Gasteiger partial charge in [0.25, 0.3) is 0 Å². The molecule has 2 amide bonds. The van der Waals surface area contributed by atoms with Crippen molar-refractivity contribution < 1.29 is 4.79 Å². The molecule has 2 rings (SSSR count). The van der Waals surface area contributed by atoms with Crippen molar-refractivity contribution in [3.05, 3.63) is 34.9 Å². The standard InChI is InChI=1S/C18H29N3O/c1-5-10-21(11-6-2)18(12-20(13-18)17(19)22)16-14(3)8-7-9-15(16)4/h7-9H,5-6,10-13H2,1-4H3,(H2,19,22). The van der Waals surface area contributed by atoms with Gasteiger partial charge in [0.1, 0.15) is 0 Å². The van der Waals surface area contributed by atoms with Gasteiger partial charge < -0.3 is 10.6 Å². The summed E-state index contributed by atoms with van der Waals surface area (Å²) in [6, 6.07) is 6.14. The van der Waals surface area contributed by atoms with E-state index >= 15 is 0 Å². The number of benzene rings is 1. The number of amides is 2. The van der Waals surface area contributed by atoms with Gasteiger partial charge >= 0.3 is 6.03 Å². The van der Waals surface area contributed by atoms with Crippen molar-refractivity contribution in [2.24, 2.45) is 5.73 Å². The minimum atomic E-state index is -0.310. The lowest BCUT2D eigenvalue weighted by atomic mass is 9.76. The fourth-order valence-electron chi connectivity index (χ4n) is 3.89. The highest BCUT2D eigenvalue weighted by atomic mass is 16.2. The molecule has 4 heteroatoms. The molecule has 1 saturated heterocycles. The van der Waals surface area contributed by atoms with E-state index in [1.54, 1.807) is 4.90 Å². The number of urea groups is 1. The van der Waals surface area contributed by atoms with E-state index in [-0.39, 0.29) is 11.6 Å². The first-order valence-electron chi connectivity index (χ1n) is 8.32. The predicted molar refractivity (Wildman–Crippen MR) is 90.9 cm³/mol. The minimum Gasteiger partial charge on any atom is -0.351 e. The van der Waals surface area contributed by atoms with Gasteiger partial charge in [0.05, 0.1) is 5.54 Å². The van der Waals surface area contributed by atoms with Crippen LogP contribution in [0.2, 0.25) is 0 Å². The summed E-state index contributed by atoms with van der Waals surface area (Å²) in [5.41, 5.74) is 9.41. The quantitative estimate of drug-likeness (QED) is 0.878. The van der Waals surface area contributed by atoms with Crippen molar-refractivity contribution >= 4 is 6.03 Å². The van der Waals surface area contributed by atoms with E-state index < -0.39 is 0 Å². The number of hydrogen-bond donors (Lipinski definition) is 1. The van der Waals surface area contributed by atoms with Crippen LogP contribution in [0.4, 0.5) is 4.79 Å². The third-order valence-electron chi connectivity index (χ3n) is 4.76. The van der Waals surface area contributed by atoms with Crippen molar-refractivity contribution in [3.63, 3.8) is 0 Å². The van der Waals surface area contributed by atoms with Crippen LogP contribution in [0.25, 0.3) is 0 Å². The molecule has 1 aromatic carbocycles. The van der Waals surface area contributed by atoms with Crippen molar-refractivity contribution in [2.45, 2.75) is 46.1 Å². The Morgan fingerprint density at radius 3 is 2.09 bits per heavy atom. The number of carbonyl (C=O) groups excluding carboxylic acids is 1. The Hall–Kier alpha value is -1.55. The molecule has 2 N–H and O–H groups in total. The van der Waals surface area contributed by atoms with Gasteiger partial charge in [0.2, 0.25) is 0 Å². The molecule has 22 heavy (non-hydrogen) atoms. The number of primary amides is 1. The van der Waals surface area contributed by atoms with Gasteiger partial charge in [-0.3, -0.25) is 4.90 Å². The summed E-state index contributed by atoms with van der Waals surface area (Å²) < 4.78 is 0. The molecule has 1 fully saturated rings. The first kappa shape index (κ1) is 16.8. The van der Waals surface area contributed by atoms with Gasteiger partial charge in [-0.2, -0.15) is 0 Å². The minimum absolute atomic E-state index is 0.0729. The molecule has 1 aliphatic heterocycles. The Morgan fingerprint density at radius 2 is 1.68 bits per heavy atom. The predicted octanol–water partition coefficient (Wildman–Crippen LogP) is 3.02. The van der Waals surface area contributed by atoms with E-state index in [0.29, 0.717) is 13.1 Å². The number of nitrogens with zero attached hydrogens (tertiary/aromatic N) is 2. The maximum Gasteiger partial charge on any atom is 0.314 e. The van der Waals surface area contributed by atoms with Crippen LogP contribution in [0.5, 0.6) is 0 Å². The van der Waals surface area contributed by atoms with Gasteiger partial charge in [-0.15, -0.1) is 0 Å². The van der Waals surface area contributed by atoms with Gasteiger partial charge in [0, 0.05) is 13.1 Å².